The summed E-state index contributed by atoms with van der Waals surface area (Å²) in [6, 6.07) is 6.57. The average Bonchev–Trinajstić information content (AvgIpc) is 2.76. The number of para-hydroxylation sites is 1. The third kappa shape index (κ3) is 2.08. The highest BCUT2D eigenvalue weighted by Crippen LogP contribution is 2.37. The van der Waals surface area contributed by atoms with Gasteiger partial charge in [-0.05, 0) is 30.9 Å². The summed E-state index contributed by atoms with van der Waals surface area (Å²) in [5.41, 5.74) is 7.31. The Kier molecular flexibility index (Phi) is 3.01. The Morgan fingerprint density at radius 3 is 2.65 bits per heavy atom. The lowest BCUT2D eigenvalue weighted by atomic mass is 9.75. The number of carboxylic acids is 1. The highest BCUT2D eigenvalue weighted by Gasteiger charge is 2.42. The topological polar surface area (TPSA) is 83.6 Å². The highest BCUT2D eigenvalue weighted by atomic mass is 16.4. The van der Waals surface area contributed by atoms with Gasteiger partial charge in [-0.3, -0.25) is 9.69 Å². The number of carboxylic acid groups (broad SMARTS) is 1. The summed E-state index contributed by atoms with van der Waals surface area (Å²) in [4.78, 5) is 25.3. The van der Waals surface area contributed by atoms with Gasteiger partial charge in [0, 0.05) is 24.1 Å². The van der Waals surface area contributed by atoms with Gasteiger partial charge in [-0.1, -0.05) is 18.2 Å². The Morgan fingerprint density at radius 2 is 2.05 bits per heavy atom. The molecule has 0 saturated heterocycles. The van der Waals surface area contributed by atoms with Crippen LogP contribution in [0.3, 0.4) is 0 Å². The normalized spacial score (nSPS) is 23.1. The maximum absolute atomic E-state index is 12.5. The first-order chi connectivity index (χ1) is 9.50. The van der Waals surface area contributed by atoms with E-state index in [9.17, 15) is 14.7 Å². The van der Waals surface area contributed by atoms with Crippen molar-refractivity contribution in [2.45, 2.75) is 43.7 Å². The van der Waals surface area contributed by atoms with Crippen molar-refractivity contribution < 1.29 is 14.7 Å². The van der Waals surface area contributed by atoms with Gasteiger partial charge in [0.05, 0.1) is 0 Å². The van der Waals surface area contributed by atoms with E-state index in [1.54, 1.807) is 6.07 Å². The van der Waals surface area contributed by atoms with Crippen molar-refractivity contribution in [2.24, 2.45) is 5.73 Å². The Balaban J connectivity index is 1.88. The number of hydrogen-bond donors (Lipinski definition) is 2. The molecule has 0 radical (unpaired) electrons. The van der Waals surface area contributed by atoms with Gasteiger partial charge in [0.2, 0.25) is 5.91 Å². The van der Waals surface area contributed by atoms with E-state index in [1.165, 1.54) is 4.90 Å². The minimum absolute atomic E-state index is 0.176. The molecule has 1 amide bonds. The number of aliphatic carboxylic acids is 1. The van der Waals surface area contributed by atoms with Crippen molar-refractivity contribution in [1.29, 1.82) is 0 Å². The summed E-state index contributed by atoms with van der Waals surface area (Å²) < 4.78 is 0. The van der Waals surface area contributed by atoms with Crippen LogP contribution in [0.5, 0.6) is 0 Å². The molecule has 106 valence electrons. The fourth-order valence-electron chi connectivity index (χ4n) is 3.09. The summed E-state index contributed by atoms with van der Waals surface area (Å²) in [6.45, 7) is 0. The average molecular weight is 274 g/mol. The van der Waals surface area contributed by atoms with Crippen LogP contribution in [0.4, 0.5) is 5.69 Å². The predicted molar refractivity (Wildman–Crippen MR) is 74.4 cm³/mol. The van der Waals surface area contributed by atoms with E-state index in [1.807, 2.05) is 18.2 Å². The van der Waals surface area contributed by atoms with Crippen molar-refractivity contribution in [3.05, 3.63) is 29.8 Å². The quantitative estimate of drug-likeness (QED) is 0.870. The first-order valence-corrected chi connectivity index (χ1v) is 6.92. The fourth-order valence-corrected chi connectivity index (χ4v) is 3.09. The van der Waals surface area contributed by atoms with Crippen LogP contribution in [0.25, 0.3) is 0 Å². The zero-order chi connectivity index (χ0) is 14.3. The molecular weight excluding hydrogens is 256 g/mol. The van der Waals surface area contributed by atoms with E-state index in [-0.39, 0.29) is 12.3 Å². The van der Waals surface area contributed by atoms with Crippen LogP contribution in [0.15, 0.2) is 24.3 Å². The van der Waals surface area contributed by atoms with Gasteiger partial charge in [0.1, 0.15) is 6.04 Å². The van der Waals surface area contributed by atoms with Gasteiger partial charge in [0.25, 0.3) is 0 Å². The van der Waals surface area contributed by atoms with Crippen LogP contribution in [0, 0.1) is 0 Å². The molecular formula is C15H18N2O3. The Bertz CT molecular complexity index is 566. The first kappa shape index (κ1) is 13.1. The fraction of sp³-hybridized carbons (Fsp3) is 0.467. The second-order valence-electron chi connectivity index (χ2n) is 5.84. The van der Waals surface area contributed by atoms with E-state index in [0.717, 1.165) is 24.8 Å². The molecule has 1 heterocycles. The lowest BCUT2D eigenvalue weighted by Gasteiger charge is -2.39. The lowest BCUT2D eigenvalue weighted by Crippen LogP contribution is -2.52. The largest absolute Gasteiger partial charge is 0.480 e. The molecule has 1 aliphatic carbocycles. The standard InChI is InChI=1S/C15H18N2O3/c16-15(6-3-7-15)9-13(18)17-11-5-2-1-4-10(11)8-12(17)14(19)20/h1-2,4-5,12H,3,6-9,16H2,(H,19,20)/t12-/m0/s1. The zero-order valence-electron chi connectivity index (χ0n) is 11.2. The number of benzene rings is 1. The van der Waals surface area contributed by atoms with Crippen LogP contribution in [0.2, 0.25) is 0 Å². The SMILES string of the molecule is NC1(CC(=O)N2c3ccccc3C[C@H]2C(=O)O)CCC1. The molecule has 20 heavy (non-hydrogen) atoms. The molecule has 1 saturated carbocycles. The van der Waals surface area contributed by atoms with E-state index in [0.29, 0.717) is 12.1 Å². The van der Waals surface area contributed by atoms with E-state index < -0.39 is 17.6 Å². The number of nitrogens with two attached hydrogens (primary N) is 1. The van der Waals surface area contributed by atoms with Gasteiger partial charge in [0.15, 0.2) is 0 Å². The number of amides is 1. The smallest absolute Gasteiger partial charge is 0.327 e. The van der Waals surface area contributed by atoms with E-state index >= 15 is 0 Å². The van der Waals surface area contributed by atoms with Crippen molar-refractivity contribution in [2.75, 3.05) is 4.90 Å². The first-order valence-electron chi connectivity index (χ1n) is 6.92. The maximum atomic E-state index is 12.5. The van der Waals surface area contributed by atoms with Crippen molar-refractivity contribution in [3.63, 3.8) is 0 Å². The Labute approximate surface area is 117 Å². The summed E-state index contributed by atoms with van der Waals surface area (Å²) in [5, 5.41) is 9.35. The molecule has 1 fully saturated rings. The molecule has 1 atom stereocenters. The number of carbonyl (C=O) groups is 2. The molecule has 5 nitrogen and oxygen atoms in total. The minimum Gasteiger partial charge on any atom is -0.480 e. The minimum atomic E-state index is -0.964. The predicted octanol–water partition coefficient (Wildman–Crippen LogP) is 1.30. The second-order valence-corrected chi connectivity index (χ2v) is 5.84. The molecule has 0 bridgehead atoms. The summed E-state index contributed by atoms with van der Waals surface area (Å²) in [6.07, 6.45) is 3.32. The third-order valence-corrected chi connectivity index (χ3v) is 4.38. The van der Waals surface area contributed by atoms with Crippen molar-refractivity contribution in [3.8, 4) is 0 Å². The molecule has 0 aromatic heterocycles. The highest BCUT2D eigenvalue weighted by molar-refractivity contribution is 6.02. The molecule has 0 spiro atoms. The molecule has 2 aliphatic rings. The van der Waals surface area contributed by atoms with E-state index in [2.05, 4.69) is 0 Å². The Morgan fingerprint density at radius 1 is 1.35 bits per heavy atom. The van der Waals surface area contributed by atoms with Crippen LogP contribution in [-0.2, 0) is 16.0 Å². The molecule has 1 aliphatic heterocycles. The number of hydrogen-bond acceptors (Lipinski definition) is 3. The van der Waals surface area contributed by atoms with E-state index in [4.69, 9.17) is 5.73 Å². The van der Waals surface area contributed by atoms with Gasteiger partial charge >= 0.3 is 5.97 Å². The molecule has 1 aromatic rings. The number of anilines is 1. The maximum Gasteiger partial charge on any atom is 0.327 e. The number of carbonyl (C=O) groups excluding carboxylic acids is 1. The Hall–Kier alpha value is -1.88. The summed E-state index contributed by atoms with van der Waals surface area (Å²) in [5.74, 6) is -1.14. The summed E-state index contributed by atoms with van der Waals surface area (Å²) in [7, 11) is 0. The molecule has 0 unspecified atom stereocenters. The number of nitrogens with zero attached hydrogens (tertiary/aromatic N) is 1. The number of rotatable bonds is 3. The molecule has 5 heteroatoms. The second kappa shape index (κ2) is 4.59. The lowest BCUT2D eigenvalue weighted by molar-refractivity contribution is -0.140. The van der Waals surface area contributed by atoms with Crippen LogP contribution >= 0.6 is 0 Å². The molecule has 3 rings (SSSR count). The van der Waals surface area contributed by atoms with Crippen LogP contribution in [-0.4, -0.2) is 28.6 Å². The van der Waals surface area contributed by atoms with Crippen molar-refractivity contribution >= 4 is 17.6 Å². The van der Waals surface area contributed by atoms with Gasteiger partial charge in [-0.15, -0.1) is 0 Å². The van der Waals surface area contributed by atoms with Gasteiger partial charge in [-0.2, -0.15) is 0 Å². The third-order valence-electron chi connectivity index (χ3n) is 4.38. The summed E-state index contributed by atoms with van der Waals surface area (Å²) >= 11 is 0. The van der Waals surface area contributed by atoms with Gasteiger partial charge < -0.3 is 10.8 Å². The monoisotopic (exact) mass is 274 g/mol. The van der Waals surface area contributed by atoms with Gasteiger partial charge in [-0.25, -0.2) is 4.79 Å². The molecule has 1 aromatic carbocycles. The van der Waals surface area contributed by atoms with Crippen LogP contribution in [0.1, 0.15) is 31.2 Å². The molecule has 3 N–H and O–H groups in total. The van der Waals surface area contributed by atoms with Crippen LogP contribution < -0.4 is 10.6 Å². The zero-order valence-corrected chi connectivity index (χ0v) is 11.2. The number of fused-ring (bicyclic) bond motifs is 1. The van der Waals surface area contributed by atoms with Crippen molar-refractivity contribution in [1.82, 2.24) is 0 Å².